The van der Waals surface area contributed by atoms with Crippen molar-refractivity contribution in [3.63, 3.8) is 0 Å². The summed E-state index contributed by atoms with van der Waals surface area (Å²) in [6.07, 6.45) is 0.0965. The third kappa shape index (κ3) is 5.41. The largest absolute Gasteiger partial charge is 0.351 e. The molecule has 2 aromatic carbocycles. The van der Waals surface area contributed by atoms with Crippen molar-refractivity contribution in [1.82, 2.24) is 10.0 Å². The first kappa shape index (κ1) is 19.6. The minimum Gasteiger partial charge on any atom is -0.351 e. The van der Waals surface area contributed by atoms with Crippen molar-refractivity contribution in [2.75, 3.05) is 13.1 Å². The molecule has 0 saturated heterocycles. The number of nitrogens with zero attached hydrogens (tertiary/aromatic N) is 1. The lowest BCUT2D eigenvalue weighted by Gasteiger charge is -2.13. The average Bonchev–Trinajstić information content (AvgIpc) is 2.66. The fourth-order valence-corrected chi connectivity index (χ4v) is 3.39. The molecule has 0 saturated carbocycles. The molecule has 1 atom stereocenters. The number of rotatable bonds is 8. The lowest BCUT2D eigenvalue weighted by Crippen LogP contribution is -2.28. The van der Waals surface area contributed by atoms with Crippen LogP contribution in [0.25, 0.3) is 0 Å². The maximum Gasteiger partial charge on any atom is 0.251 e. The second-order valence-electron chi connectivity index (χ2n) is 5.85. The average molecular weight is 371 g/mol. The molecule has 0 unspecified atom stereocenters. The zero-order chi connectivity index (χ0) is 19.0. The van der Waals surface area contributed by atoms with Crippen LogP contribution in [0.4, 0.5) is 0 Å². The van der Waals surface area contributed by atoms with Crippen molar-refractivity contribution in [2.45, 2.75) is 24.2 Å². The smallest absolute Gasteiger partial charge is 0.251 e. The minimum atomic E-state index is -3.67. The number of carbonyl (C=O) groups excluding carboxylic acids is 1. The van der Waals surface area contributed by atoms with Crippen LogP contribution in [0.1, 0.15) is 35.2 Å². The first-order valence-corrected chi connectivity index (χ1v) is 9.72. The van der Waals surface area contributed by atoms with Crippen LogP contribution in [0.15, 0.2) is 59.5 Å². The summed E-state index contributed by atoms with van der Waals surface area (Å²) in [7, 11) is -3.67. The first-order chi connectivity index (χ1) is 12.4. The summed E-state index contributed by atoms with van der Waals surface area (Å²) in [6.45, 7) is 2.56. The number of benzene rings is 2. The van der Waals surface area contributed by atoms with Crippen LogP contribution in [0.2, 0.25) is 0 Å². The van der Waals surface area contributed by atoms with Crippen LogP contribution in [-0.4, -0.2) is 27.4 Å². The lowest BCUT2D eigenvalue weighted by atomic mass is 10.0. The molecule has 0 aliphatic rings. The summed E-state index contributed by atoms with van der Waals surface area (Å²) in [6, 6.07) is 17.5. The van der Waals surface area contributed by atoms with Gasteiger partial charge in [0.2, 0.25) is 10.0 Å². The zero-order valence-electron chi connectivity index (χ0n) is 14.5. The van der Waals surface area contributed by atoms with Gasteiger partial charge in [-0.1, -0.05) is 37.3 Å². The van der Waals surface area contributed by atoms with Gasteiger partial charge in [-0.25, -0.2) is 13.1 Å². The van der Waals surface area contributed by atoms with Gasteiger partial charge < -0.3 is 5.32 Å². The van der Waals surface area contributed by atoms with E-state index in [9.17, 15) is 13.2 Å². The van der Waals surface area contributed by atoms with E-state index in [1.807, 2.05) is 43.3 Å². The Labute approximate surface area is 153 Å². The summed E-state index contributed by atoms with van der Waals surface area (Å²) in [4.78, 5) is 12.3. The van der Waals surface area contributed by atoms with E-state index in [1.165, 1.54) is 24.3 Å². The number of carbonyl (C=O) groups is 1. The maximum absolute atomic E-state index is 12.2. The Hall–Kier alpha value is -2.69. The van der Waals surface area contributed by atoms with Crippen molar-refractivity contribution in [3.8, 4) is 6.07 Å². The van der Waals surface area contributed by atoms with Gasteiger partial charge >= 0.3 is 0 Å². The monoisotopic (exact) mass is 371 g/mol. The Morgan fingerprint density at radius 1 is 1.12 bits per heavy atom. The highest BCUT2D eigenvalue weighted by atomic mass is 32.2. The summed E-state index contributed by atoms with van der Waals surface area (Å²) in [5.74, 6) is -0.0849. The van der Waals surface area contributed by atoms with E-state index in [2.05, 4.69) is 10.0 Å². The fourth-order valence-electron chi connectivity index (χ4n) is 2.36. The molecule has 0 fully saturated rings. The van der Waals surface area contributed by atoms with Crippen LogP contribution in [0.3, 0.4) is 0 Å². The predicted molar refractivity (Wildman–Crippen MR) is 99.1 cm³/mol. The SMILES string of the molecule is C[C@H](CNC(=O)c1ccc(S(=O)(=O)NCCC#N)cc1)c1ccccc1. The molecule has 6 nitrogen and oxygen atoms in total. The molecule has 0 bridgehead atoms. The molecule has 0 spiro atoms. The molecule has 0 aromatic heterocycles. The Balaban J connectivity index is 1.95. The molecular weight excluding hydrogens is 350 g/mol. The van der Waals surface area contributed by atoms with Gasteiger partial charge in [-0.15, -0.1) is 0 Å². The first-order valence-electron chi connectivity index (χ1n) is 8.24. The highest BCUT2D eigenvalue weighted by molar-refractivity contribution is 7.89. The number of nitrogens with one attached hydrogen (secondary N) is 2. The number of amides is 1. The Kier molecular flexibility index (Phi) is 6.89. The number of nitriles is 1. The van der Waals surface area contributed by atoms with Crippen LogP contribution < -0.4 is 10.0 Å². The molecule has 0 aliphatic carbocycles. The van der Waals surface area contributed by atoms with Gasteiger partial charge in [-0.2, -0.15) is 5.26 Å². The highest BCUT2D eigenvalue weighted by Gasteiger charge is 2.15. The van der Waals surface area contributed by atoms with E-state index >= 15 is 0 Å². The Bertz CT molecular complexity index is 872. The van der Waals surface area contributed by atoms with E-state index in [0.29, 0.717) is 12.1 Å². The summed E-state index contributed by atoms with van der Waals surface area (Å²) < 4.78 is 26.4. The molecule has 1 amide bonds. The second kappa shape index (κ2) is 9.13. The molecule has 0 radical (unpaired) electrons. The Morgan fingerprint density at radius 2 is 1.77 bits per heavy atom. The van der Waals surface area contributed by atoms with Crippen molar-refractivity contribution in [1.29, 1.82) is 5.26 Å². The van der Waals surface area contributed by atoms with E-state index in [-0.39, 0.29) is 29.7 Å². The van der Waals surface area contributed by atoms with Gasteiger partial charge in [0.05, 0.1) is 11.0 Å². The van der Waals surface area contributed by atoms with Crippen molar-refractivity contribution < 1.29 is 13.2 Å². The van der Waals surface area contributed by atoms with E-state index in [4.69, 9.17) is 5.26 Å². The van der Waals surface area contributed by atoms with Crippen LogP contribution in [-0.2, 0) is 10.0 Å². The molecule has 7 heteroatoms. The van der Waals surface area contributed by atoms with Gasteiger partial charge in [-0.05, 0) is 35.7 Å². The summed E-state index contributed by atoms with van der Waals surface area (Å²) >= 11 is 0. The van der Waals surface area contributed by atoms with Crippen molar-refractivity contribution in [3.05, 3.63) is 65.7 Å². The fraction of sp³-hybridized carbons (Fsp3) is 0.263. The summed E-state index contributed by atoms with van der Waals surface area (Å²) in [5, 5.41) is 11.3. The number of hydrogen-bond acceptors (Lipinski definition) is 4. The quantitative estimate of drug-likeness (QED) is 0.696. The molecular formula is C19H21N3O3S. The summed E-state index contributed by atoms with van der Waals surface area (Å²) in [5.41, 5.74) is 1.53. The molecule has 2 rings (SSSR count). The number of hydrogen-bond donors (Lipinski definition) is 2. The molecule has 136 valence electrons. The standard InChI is InChI=1S/C19H21N3O3S/c1-15(16-6-3-2-4-7-16)14-21-19(23)17-8-10-18(11-9-17)26(24,25)22-13-5-12-20/h2-4,6-11,15,22H,5,13-14H2,1H3,(H,21,23)/t15-/m1/s1. The third-order valence-electron chi connectivity index (χ3n) is 3.89. The van der Waals surface area contributed by atoms with E-state index in [1.54, 1.807) is 0 Å². The second-order valence-corrected chi connectivity index (χ2v) is 7.62. The van der Waals surface area contributed by atoms with Gasteiger partial charge in [0.15, 0.2) is 0 Å². The van der Waals surface area contributed by atoms with Crippen molar-refractivity contribution in [2.24, 2.45) is 0 Å². The molecule has 2 N–H and O–H groups in total. The minimum absolute atomic E-state index is 0.0540. The molecule has 0 heterocycles. The Morgan fingerprint density at radius 3 is 2.38 bits per heavy atom. The molecule has 26 heavy (non-hydrogen) atoms. The zero-order valence-corrected chi connectivity index (χ0v) is 15.3. The van der Waals surface area contributed by atoms with Crippen LogP contribution >= 0.6 is 0 Å². The highest BCUT2D eigenvalue weighted by Crippen LogP contribution is 2.14. The maximum atomic E-state index is 12.2. The van der Waals surface area contributed by atoms with Crippen molar-refractivity contribution >= 4 is 15.9 Å². The van der Waals surface area contributed by atoms with Gasteiger partial charge in [0.1, 0.15) is 0 Å². The van der Waals surface area contributed by atoms with Gasteiger partial charge in [0, 0.05) is 25.1 Å². The predicted octanol–water partition coefficient (Wildman–Crippen LogP) is 2.41. The van der Waals surface area contributed by atoms with Crippen LogP contribution in [0, 0.1) is 11.3 Å². The third-order valence-corrected chi connectivity index (χ3v) is 5.37. The van der Waals surface area contributed by atoms with Crippen LogP contribution in [0.5, 0.6) is 0 Å². The van der Waals surface area contributed by atoms with Gasteiger partial charge in [-0.3, -0.25) is 4.79 Å². The number of sulfonamides is 1. The lowest BCUT2D eigenvalue weighted by molar-refractivity contribution is 0.0951. The molecule has 0 aliphatic heterocycles. The van der Waals surface area contributed by atoms with E-state index < -0.39 is 10.0 Å². The topological polar surface area (TPSA) is 99.1 Å². The molecule has 2 aromatic rings. The van der Waals surface area contributed by atoms with Gasteiger partial charge in [0.25, 0.3) is 5.91 Å². The van der Waals surface area contributed by atoms with E-state index in [0.717, 1.165) is 5.56 Å². The normalized spacial score (nSPS) is 12.2.